The van der Waals surface area contributed by atoms with Crippen molar-refractivity contribution >= 4 is 23.4 Å². The van der Waals surface area contributed by atoms with Gasteiger partial charge in [-0.15, -0.1) is 10.2 Å². The Kier molecular flexibility index (Phi) is 6.33. The molecule has 1 unspecified atom stereocenters. The molecule has 25 heavy (non-hydrogen) atoms. The van der Waals surface area contributed by atoms with Gasteiger partial charge in [-0.3, -0.25) is 4.90 Å². The maximum atomic E-state index is 14.0. The van der Waals surface area contributed by atoms with Gasteiger partial charge in [0, 0.05) is 23.7 Å². The molecule has 0 spiro atoms. The first-order chi connectivity index (χ1) is 12.1. The van der Waals surface area contributed by atoms with Crippen molar-refractivity contribution in [3.05, 3.63) is 40.4 Å². The second-order valence-corrected chi connectivity index (χ2v) is 7.40. The molecule has 0 bridgehead atoms. The van der Waals surface area contributed by atoms with Gasteiger partial charge in [0.2, 0.25) is 0 Å². The molecule has 3 rings (SSSR count). The summed E-state index contributed by atoms with van der Waals surface area (Å²) >= 11 is 7.70. The fourth-order valence-electron chi connectivity index (χ4n) is 3.01. The molecule has 2 aromatic rings. The first kappa shape index (κ1) is 18.6. The summed E-state index contributed by atoms with van der Waals surface area (Å²) in [5.41, 5.74) is 0.502. The maximum Gasteiger partial charge on any atom is 0.191 e. The molecule has 8 heteroatoms. The van der Waals surface area contributed by atoms with Crippen LogP contribution in [0.3, 0.4) is 0 Å². The van der Waals surface area contributed by atoms with Crippen molar-refractivity contribution in [3.8, 4) is 0 Å². The number of hydrogen-bond donors (Lipinski definition) is 0. The van der Waals surface area contributed by atoms with E-state index in [1.807, 2.05) is 18.2 Å². The van der Waals surface area contributed by atoms with Crippen molar-refractivity contribution in [3.63, 3.8) is 0 Å². The van der Waals surface area contributed by atoms with Crippen molar-refractivity contribution in [1.82, 2.24) is 19.7 Å². The molecule has 1 fully saturated rings. The lowest BCUT2D eigenvalue weighted by Crippen LogP contribution is -2.23. The smallest absolute Gasteiger partial charge is 0.191 e. The number of nitrogens with zero attached hydrogens (tertiary/aromatic N) is 4. The molecule has 1 saturated heterocycles. The Morgan fingerprint density at radius 3 is 2.92 bits per heavy atom. The highest BCUT2D eigenvalue weighted by atomic mass is 35.5. The monoisotopic (exact) mass is 384 g/mol. The minimum atomic E-state index is -0.287. The van der Waals surface area contributed by atoms with Gasteiger partial charge in [0.1, 0.15) is 11.6 Å². The lowest BCUT2D eigenvalue weighted by molar-refractivity contribution is 0.0934. The predicted molar refractivity (Wildman–Crippen MR) is 97.4 cm³/mol. The van der Waals surface area contributed by atoms with Crippen molar-refractivity contribution in [1.29, 1.82) is 0 Å². The zero-order valence-electron chi connectivity index (χ0n) is 14.4. The third-order valence-electron chi connectivity index (χ3n) is 4.29. The molecule has 1 aliphatic rings. The predicted octanol–water partition coefficient (Wildman–Crippen LogP) is 3.60. The van der Waals surface area contributed by atoms with E-state index in [1.54, 1.807) is 23.9 Å². The van der Waals surface area contributed by atoms with Crippen LogP contribution in [0, 0.1) is 5.82 Å². The number of rotatable bonds is 7. The molecular weight excluding hydrogens is 363 g/mol. The van der Waals surface area contributed by atoms with Crippen molar-refractivity contribution in [2.75, 3.05) is 19.9 Å². The minimum Gasteiger partial charge on any atom is -0.376 e. The van der Waals surface area contributed by atoms with Gasteiger partial charge in [-0.2, -0.15) is 0 Å². The zero-order valence-corrected chi connectivity index (χ0v) is 16.0. The number of ether oxygens (including phenoxy) is 1. The van der Waals surface area contributed by atoms with Crippen LogP contribution in [-0.4, -0.2) is 45.7 Å². The molecule has 0 aliphatic carbocycles. The highest BCUT2D eigenvalue weighted by Crippen LogP contribution is 2.23. The Morgan fingerprint density at radius 1 is 1.40 bits per heavy atom. The van der Waals surface area contributed by atoms with E-state index in [0.717, 1.165) is 37.0 Å². The number of halogens is 2. The Morgan fingerprint density at radius 2 is 2.24 bits per heavy atom. The van der Waals surface area contributed by atoms with Crippen LogP contribution in [0.15, 0.2) is 23.4 Å². The Bertz CT molecular complexity index is 700. The van der Waals surface area contributed by atoms with Crippen LogP contribution in [-0.2, 0) is 24.4 Å². The van der Waals surface area contributed by atoms with Crippen LogP contribution in [0.5, 0.6) is 0 Å². The molecular formula is C17H22ClFN4OS. The second kappa shape index (κ2) is 8.49. The summed E-state index contributed by atoms with van der Waals surface area (Å²) in [7, 11) is 1.92. The lowest BCUT2D eigenvalue weighted by atomic mass is 10.2. The van der Waals surface area contributed by atoms with Crippen molar-refractivity contribution < 1.29 is 9.13 Å². The molecule has 0 saturated carbocycles. The average Bonchev–Trinajstić information content (AvgIpc) is 3.22. The van der Waals surface area contributed by atoms with E-state index < -0.39 is 0 Å². The summed E-state index contributed by atoms with van der Waals surface area (Å²) < 4.78 is 21.9. The standard InChI is InChI=1S/C17H22ClFN4OS/c1-22(10-13-14(18)6-3-7-15(13)19)11-16-20-21-17(25-2)23(16)9-12-5-4-8-24-12/h3,6-7,12H,4-5,8-11H2,1-2H3. The Labute approximate surface area is 156 Å². The molecule has 1 atom stereocenters. The van der Waals surface area contributed by atoms with Crippen LogP contribution in [0.2, 0.25) is 5.02 Å². The van der Waals surface area contributed by atoms with Crippen molar-refractivity contribution in [2.45, 2.75) is 43.7 Å². The number of aromatic nitrogens is 3. The van der Waals surface area contributed by atoms with Gasteiger partial charge in [-0.1, -0.05) is 29.4 Å². The van der Waals surface area contributed by atoms with Crippen molar-refractivity contribution in [2.24, 2.45) is 0 Å². The topological polar surface area (TPSA) is 43.2 Å². The molecule has 136 valence electrons. The van der Waals surface area contributed by atoms with Crippen LogP contribution < -0.4 is 0 Å². The van der Waals surface area contributed by atoms with Crippen LogP contribution in [0.4, 0.5) is 4.39 Å². The van der Waals surface area contributed by atoms with E-state index in [4.69, 9.17) is 16.3 Å². The van der Waals surface area contributed by atoms with Crippen LogP contribution in [0.1, 0.15) is 24.2 Å². The lowest BCUT2D eigenvalue weighted by Gasteiger charge is -2.19. The average molecular weight is 385 g/mol. The number of benzene rings is 1. The number of thioether (sulfide) groups is 1. The fraction of sp³-hybridized carbons (Fsp3) is 0.529. The first-order valence-electron chi connectivity index (χ1n) is 8.27. The number of hydrogen-bond acceptors (Lipinski definition) is 5. The van der Waals surface area contributed by atoms with Gasteiger partial charge in [-0.25, -0.2) is 4.39 Å². The molecule has 1 aliphatic heterocycles. The highest BCUT2D eigenvalue weighted by Gasteiger charge is 2.21. The molecule has 0 radical (unpaired) electrons. The van der Waals surface area contributed by atoms with Gasteiger partial charge in [-0.05, 0) is 38.3 Å². The maximum absolute atomic E-state index is 14.0. The van der Waals surface area contributed by atoms with E-state index >= 15 is 0 Å². The SMILES string of the molecule is CSc1nnc(CN(C)Cc2c(F)cccc2Cl)n1CC1CCCO1. The van der Waals surface area contributed by atoms with Gasteiger partial charge >= 0.3 is 0 Å². The summed E-state index contributed by atoms with van der Waals surface area (Å²) in [6.07, 6.45) is 4.36. The summed E-state index contributed by atoms with van der Waals surface area (Å²) in [6, 6.07) is 4.75. The summed E-state index contributed by atoms with van der Waals surface area (Å²) in [5, 5.41) is 9.91. The largest absolute Gasteiger partial charge is 0.376 e. The highest BCUT2D eigenvalue weighted by molar-refractivity contribution is 7.98. The Balaban J connectivity index is 1.72. The molecule has 2 heterocycles. The molecule has 0 amide bonds. The molecule has 1 aromatic heterocycles. The van der Waals surface area contributed by atoms with Gasteiger partial charge < -0.3 is 9.30 Å². The molecule has 0 N–H and O–H groups in total. The normalized spacial score (nSPS) is 17.6. The summed E-state index contributed by atoms with van der Waals surface area (Å²) in [5.74, 6) is 0.569. The molecule has 5 nitrogen and oxygen atoms in total. The van der Waals surface area contributed by atoms with E-state index in [1.165, 1.54) is 6.07 Å². The summed E-state index contributed by atoms with van der Waals surface area (Å²) in [4.78, 5) is 1.99. The third-order valence-corrected chi connectivity index (χ3v) is 5.31. The van der Waals surface area contributed by atoms with E-state index in [2.05, 4.69) is 14.8 Å². The van der Waals surface area contributed by atoms with Gasteiger partial charge in [0.25, 0.3) is 0 Å². The van der Waals surface area contributed by atoms with Gasteiger partial charge in [0.15, 0.2) is 5.16 Å². The minimum absolute atomic E-state index is 0.215. The first-order valence-corrected chi connectivity index (χ1v) is 9.88. The van der Waals surface area contributed by atoms with E-state index in [9.17, 15) is 4.39 Å². The second-order valence-electron chi connectivity index (χ2n) is 6.22. The van der Waals surface area contributed by atoms with Crippen LogP contribution >= 0.6 is 23.4 Å². The third kappa shape index (κ3) is 4.53. The van der Waals surface area contributed by atoms with E-state index in [0.29, 0.717) is 23.7 Å². The quantitative estimate of drug-likeness (QED) is 0.682. The summed E-state index contributed by atoms with van der Waals surface area (Å²) in [6.45, 7) is 2.55. The fourth-order valence-corrected chi connectivity index (χ4v) is 3.76. The zero-order chi connectivity index (χ0) is 17.8. The Hall–Kier alpha value is -1.15. The molecule has 1 aromatic carbocycles. The van der Waals surface area contributed by atoms with E-state index in [-0.39, 0.29) is 11.9 Å². The van der Waals surface area contributed by atoms with Crippen LogP contribution in [0.25, 0.3) is 0 Å². The van der Waals surface area contributed by atoms with Gasteiger partial charge in [0.05, 0.1) is 19.2 Å².